The third-order valence-corrected chi connectivity index (χ3v) is 5.13. The fraction of sp³-hybridized carbons (Fsp3) is 0.478. The van der Waals surface area contributed by atoms with E-state index < -0.39 is 18.8 Å². The van der Waals surface area contributed by atoms with E-state index >= 15 is 0 Å². The molecule has 2 aromatic rings. The molecule has 2 heterocycles. The number of hydrogen-bond donors (Lipinski definition) is 1. The third-order valence-electron chi connectivity index (χ3n) is 5.13. The maximum absolute atomic E-state index is 12.8. The highest BCUT2D eigenvalue weighted by atomic mass is 19.4. The average molecular weight is 449 g/mol. The molecule has 0 bridgehead atoms. The zero-order valence-electron chi connectivity index (χ0n) is 18.3. The van der Waals surface area contributed by atoms with Crippen LogP contribution >= 0.6 is 0 Å². The molecule has 9 heteroatoms. The quantitative estimate of drug-likeness (QED) is 0.612. The number of pyridine rings is 2. The number of halogens is 3. The molecule has 1 atom stereocenters. The summed E-state index contributed by atoms with van der Waals surface area (Å²) in [6, 6.07) is 4.45. The van der Waals surface area contributed by atoms with E-state index in [1.807, 2.05) is 0 Å². The van der Waals surface area contributed by atoms with Crippen LogP contribution < -0.4 is 10.1 Å². The van der Waals surface area contributed by atoms with Gasteiger partial charge in [0, 0.05) is 41.6 Å². The fourth-order valence-electron chi connectivity index (χ4n) is 3.36. The van der Waals surface area contributed by atoms with Crippen molar-refractivity contribution in [2.45, 2.75) is 58.7 Å². The van der Waals surface area contributed by atoms with Gasteiger partial charge >= 0.3 is 6.18 Å². The number of rotatable bonds is 9. The van der Waals surface area contributed by atoms with Crippen LogP contribution in [0.4, 0.5) is 13.2 Å². The zero-order valence-corrected chi connectivity index (χ0v) is 18.3. The first-order valence-electron chi connectivity index (χ1n) is 10.5. The number of hydrogen-bond acceptors (Lipinski definition) is 5. The molecule has 1 amide bonds. The number of nitrogens with zero attached hydrogens (tertiary/aromatic N) is 2. The fourth-order valence-corrected chi connectivity index (χ4v) is 3.36. The minimum Gasteiger partial charge on any atom is -0.468 e. The Morgan fingerprint density at radius 1 is 1.22 bits per heavy atom. The number of amides is 1. The van der Waals surface area contributed by atoms with E-state index in [1.165, 1.54) is 6.20 Å². The molecule has 1 aliphatic rings. The minimum absolute atomic E-state index is 0.102. The lowest BCUT2D eigenvalue weighted by molar-refractivity contribution is -0.154. The van der Waals surface area contributed by atoms with Gasteiger partial charge in [0.2, 0.25) is 5.88 Å². The lowest BCUT2D eigenvalue weighted by atomic mass is 10.1. The molecule has 32 heavy (non-hydrogen) atoms. The summed E-state index contributed by atoms with van der Waals surface area (Å²) in [5.41, 5.74) is 2.67. The number of carbonyl (C=O) groups excluding carboxylic acids is 2. The molecular formula is C23H26F3N3O3. The highest BCUT2D eigenvalue weighted by Gasteiger charge is 2.29. The van der Waals surface area contributed by atoms with Gasteiger partial charge in [0.15, 0.2) is 6.61 Å². The zero-order chi connectivity index (χ0) is 23.5. The Balaban J connectivity index is 1.64. The number of aromatic nitrogens is 2. The Morgan fingerprint density at radius 3 is 2.56 bits per heavy atom. The van der Waals surface area contributed by atoms with Gasteiger partial charge in [0.1, 0.15) is 5.78 Å². The van der Waals surface area contributed by atoms with Gasteiger partial charge in [-0.1, -0.05) is 0 Å². The van der Waals surface area contributed by atoms with Crippen molar-refractivity contribution in [1.29, 1.82) is 0 Å². The SMILES string of the molecule is Cc1cc(C(=O)NC(C)c2cnc(OCC(F)(F)F)c(C)c2)cc(CC(=O)CC2CC2)n1. The monoisotopic (exact) mass is 449 g/mol. The number of carbonyl (C=O) groups is 2. The molecule has 1 unspecified atom stereocenters. The Kier molecular flexibility index (Phi) is 7.16. The summed E-state index contributed by atoms with van der Waals surface area (Å²) in [5.74, 6) is 0.182. The first kappa shape index (κ1) is 23.7. The summed E-state index contributed by atoms with van der Waals surface area (Å²) in [4.78, 5) is 33.3. The van der Waals surface area contributed by atoms with Gasteiger partial charge in [-0.3, -0.25) is 14.6 Å². The molecular weight excluding hydrogens is 423 g/mol. The molecule has 3 rings (SSSR count). The van der Waals surface area contributed by atoms with Crippen LogP contribution in [0.1, 0.15) is 65.1 Å². The van der Waals surface area contributed by atoms with E-state index in [0.29, 0.717) is 40.4 Å². The van der Waals surface area contributed by atoms with Gasteiger partial charge in [-0.15, -0.1) is 0 Å². The van der Waals surface area contributed by atoms with Crippen LogP contribution in [-0.2, 0) is 11.2 Å². The molecule has 0 saturated heterocycles. The van der Waals surface area contributed by atoms with E-state index in [0.717, 1.165) is 12.8 Å². The number of ether oxygens (including phenoxy) is 1. The second-order valence-electron chi connectivity index (χ2n) is 8.34. The van der Waals surface area contributed by atoms with Gasteiger partial charge in [-0.2, -0.15) is 13.2 Å². The summed E-state index contributed by atoms with van der Waals surface area (Å²) >= 11 is 0. The smallest absolute Gasteiger partial charge is 0.422 e. The minimum atomic E-state index is -4.45. The average Bonchev–Trinajstić information content (AvgIpc) is 3.49. The standard InChI is InChI=1S/C23H26F3N3O3/c1-13-6-18(11-27-22(13)32-12-23(24,25)26)15(3)29-21(31)17-7-14(2)28-19(9-17)10-20(30)8-16-4-5-16/h6-7,9,11,15-16H,4-5,8,10,12H2,1-3H3,(H,29,31). The normalized spacial score (nSPS) is 14.7. The van der Waals surface area contributed by atoms with Crippen LogP contribution in [0.5, 0.6) is 5.88 Å². The van der Waals surface area contributed by atoms with Crippen LogP contribution in [0.3, 0.4) is 0 Å². The van der Waals surface area contributed by atoms with Crippen LogP contribution in [0, 0.1) is 19.8 Å². The van der Waals surface area contributed by atoms with Crippen molar-refractivity contribution in [3.63, 3.8) is 0 Å². The van der Waals surface area contributed by atoms with Crippen LogP contribution in [0.2, 0.25) is 0 Å². The van der Waals surface area contributed by atoms with Crippen molar-refractivity contribution in [1.82, 2.24) is 15.3 Å². The van der Waals surface area contributed by atoms with Crippen LogP contribution in [0.25, 0.3) is 0 Å². The van der Waals surface area contributed by atoms with E-state index in [4.69, 9.17) is 4.74 Å². The Labute approximate surface area is 184 Å². The first-order chi connectivity index (χ1) is 15.0. The third kappa shape index (κ3) is 7.03. The summed E-state index contributed by atoms with van der Waals surface area (Å²) in [6.07, 6.45) is -0.105. The van der Waals surface area contributed by atoms with Gasteiger partial charge < -0.3 is 10.1 Å². The topological polar surface area (TPSA) is 81.2 Å². The Bertz CT molecular complexity index is 1000. The van der Waals surface area contributed by atoms with E-state index in [-0.39, 0.29) is 24.0 Å². The largest absolute Gasteiger partial charge is 0.468 e. The van der Waals surface area contributed by atoms with Crippen molar-refractivity contribution in [3.8, 4) is 5.88 Å². The van der Waals surface area contributed by atoms with E-state index in [2.05, 4.69) is 15.3 Å². The van der Waals surface area contributed by atoms with Crippen molar-refractivity contribution >= 4 is 11.7 Å². The number of ketones is 1. The molecule has 0 radical (unpaired) electrons. The van der Waals surface area contributed by atoms with Crippen LogP contribution in [0.15, 0.2) is 24.4 Å². The second-order valence-corrected chi connectivity index (χ2v) is 8.34. The van der Waals surface area contributed by atoms with Crippen molar-refractivity contribution < 1.29 is 27.5 Å². The van der Waals surface area contributed by atoms with E-state index in [1.54, 1.807) is 39.0 Å². The van der Waals surface area contributed by atoms with E-state index in [9.17, 15) is 22.8 Å². The second kappa shape index (κ2) is 9.67. The van der Waals surface area contributed by atoms with Gasteiger partial charge in [-0.05, 0) is 63.3 Å². The first-order valence-corrected chi connectivity index (χ1v) is 10.5. The lowest BCUT2D eigenvalue weighted by Crippen LogP contribution is -2.27. The van der Waals surface area contributed by atoms with Crippen LogP contribution in [-0.4, -0.2) is 34.4 Å². The number of alkyl halides is 3. The van der Waals surface area contributed by atoms with Crippen molar-refractivity contribution in [2.24, 2.45) is 5.92 Å². The molecule has 1 fully saturated rings. The molecule has 0 aliphatic heterocycles. The summed E-state index contributed by atoms with van der Waals surface area (Å²) in [5, 5.41) is 2.85. The lowest BCUT2D eigenvalue weighted by Gasteiger charge is -2.17. The van der Waals surface area contributed by atoms with Gasteiger partial charge in [0.25, 0.3) is 5.91 Å². The highest BCUT2D eigenvalue weighted by Crippen LogP contribution is 2.32. The molecule has 1 saturated carbocycles. The maximum Gasteiger partial charge on any atom is 0.422 e. The molecule has 1 aliphatic carbocycles. The molecule has 172 valence electrons. The number of Topliss-reactive ketones (excluding diaryl/α,β-unsaturated/α-hetero) is 1. The maximum atomic E-state index is 12.8. The Hall–Kier alpha value is -2.97. The number of aryl methyl sites for hydroxylation is 2. The number of nitrogens with one attached hydrogen (secondary N) is 1. The van der Waals surface area contributed by atoms with Gasteiger partial charge in [-0.25, -0.2) is 4.98 Å². The predicted molar refractivity (Wildman–Crippen MR) is 111 cm³/mol. The predicted octanol–water partition coefficient (Wildman–Crippen LogP) is 4.44. The summed E-state index contributed by atoms with van der Waals surface area (Å²) in [6.45, 7) is 3.69. The van der Waals surface area contributed by atoms with Gasteiger partial charge in [0.05, 0.1) is 6.04 Å². The molecule has 2 aromatic heterocycles. The van der Waals surface area contributed by atoms with Crippen molar-refractivity contribution in [2.75, 3.05) is 6.61 Å². The highest BCUT2D eigenvalue weighted by molar-refractivity contribution is 5.95. The van der Waals surface area contributed by atoms with Crippen molar-refractivity contribution in [3.05, 3.63) is 52.5 Å². The molecule has 6 nitrogen and oxygen atoms in total. The summed E-state index contributed by atoms with van der Waals surface area (Å²) in [7, 11) is 0. The Morgan fingerprint density at radius 2 is 1.94 bits per heavy atom. The molecule has 0 aromatic carbocycles. The molecule has 0 spiro atoms. The molecule has 1 N–H and O–H groups in total. The summed E-state index contributed by atoms with van der Waals surface area (Å²) < 4.78 is 41.8.